The van der Waals surface area contributed by atoms with Crippen LogP contribution in [0.3, 0.4) is 0 Å². The number of rotatable bonds is 3. The zero-order chi connectivity index (χ0) is 13.2. The maximum Gasteiger partial charge on any atom is 0.227 e. The van der Waals surface area contributed by atoms with Gasteiger partial charge in [0.15, 0.2) is 5.69 Å². The number of carbonyl (C=O) groups is 1. The van der Waals surface area contributed by atoms with Crippen molar-refractivity contribution in [3.8, 4) is 0 Å². The van der Waals surface area contributed by atoms with Crippen LogP contribution in [-0.4, -0.2) is 5.78 Å². The highest BCUT2D eigenvalue weighted by Gasteiger charge is 2.24. The Balaban J connectivity index is 0.00000147. The van der Waals surface area contributed by atoms with E-state index in [0.717, 1.165) is 16.5 Å². The fraction of sp³-hybridized carbons (Fsp3) is 0.333. The molecule has 0 atom stereocenters. The van der Waals surface area contributed by atoms with E-state index in [2.05, 4.69) is 26.0 Å². The number of halogens is 2. The van der Waals surface area contributed by atoms with Gasteiger partial charge in [0.25, 0.3) is 0 Å². The van der Waals surface area contributed by atoms with Gasteiger partial charge in [0.2, 0.25) is 17.8 Å². The molecule has 0 saturated carbocycles. The molecule has 2 nitrogen and oxygen atoms in total. The second-order valence-corrected chi connectivity index (χ2v) is 6.71. The van der Waals surface area contributed by atoms with Crippen LogP contribution >= 0.6 is 27.3 Å². The van der Waals surface area contributed by atoms with Crippen LogP contribution in [0.15, 0.2) is 34.2 Å². The van der Waals surface area contributed by atoms with E-state index in [-0.39, 0.29) is 22.8 Å². The van der Waals surface area contributed by atoms with Crippen LogP contribution in [0.5, 0.6) is 0 Å². The molecule has 0 fully saturated rings. The number of carbonyl (C=O) groups excluding carboxylic acids is 1. The Bertz CT molecular complexity index is 607. The normalized spacial score (nSPS) is 13.4. The van der Waals surface area contributed by atoms with Crippen LogP contribution in [-0.2, 0) is 19.4 Å². The Morgan fingerprint density at radius 2 is 1.90 bits per heavy atom. The maximum atomic E-state index is 12.3. The molecule has 0 N–H and O–H groups in total. The van der Waals surface area contributed by atoms with Crippen molar-refractivity contribution >= 4 is 33.0 Å². The molecule has 1 heterocycles. The number of nitrogens with zero attached hydrogens (tertiary/aromatic N) is 1. The summed E-state index contributed by atoms with van der Waals surface area (Å²) in [6.45, 7) is 0.466. The zero-order valence-corrected chi connectivity index (χ0v) is 14.9. The molecule has 0 aliphatic heterocycles. The van der Waals surface area contributed by atoms with Crippen LogP contribution in [0, 0.1) is 0 Å². The molecular formula is C15H15Br2NOS. The minimum Gasteiger partial charge on any atom is -1.00 e. The number of benzene rings is 1. The number of hydrogen-bond acceptors (Lipinski definition) is 2. The fourth-order valence-corrected chi connectivity index (χ4v) is 3.84. The summed E-state index contributed by atoms with van der Waals surface area (Å²) in [6, 6.07) is 7.60. The van der Waals surface area contributed by atoms with Crippen LogP contribution < -0.4 is 21.5 Å². The topological polar surface area (TPSA) is 20.9 Å². The minimum atomic E-state index is 0. The lowest BCUT2D eigenvalue weighted by atomic mass is 10.0. The van der Waals surface area contributed by atoms with Gasteiger partial charge < -0.3 is 17.0 Å². The van der Waals surface area contributed by atoms with E-state index in [1.807, 2.05) is 24.3 Å². The SMILES string of the molecule is O=C(C[n+]1csc2c1CCCC2)c1ccc(Br)cc1.[Br-]. The third kappa shape index (κ3) is 3.38. The fourth-order valence-electron chi connectivity index (χ4n) is 2.50. The Labute approximate surface area is 141 Å². The Morgan fingerprint density at radius 3 is 2.65 bits per heavy atom. The monoisotopic (exact) mass is 415 g/mol. The third-order valence-corrected chi connectivity index (χ3v) is 5.15. The van der Waals surface area contributed by atoms with E-state index in [1.54, 1.807) is 11.3 Å². The lowest BCUT2D eigenvalue weighted by Crippen LogP contribution is -3.00. The van der Waals surface area contributed by atoms with Gasteiger partial charge in [-0.2, -0.15) is 4.57 Å². The summed E-state index contributed by atoms with van der Waals surface area (Å²) in [5.41, 5.74) is 4.26. The predicted molar refractivity (Wildman–Crippen MR) is 79.6 cm³/mol. The molecule has 1 aromatic heterocycles. The first-order valence-corrected chi connectivity index (χ1v) is 8.19. The molecule has 2 aromatic rings. The van der Waals surface area contributed by atoms with E-state index in [4.69, 9.17) is 0 Å². The molecule has 0 saturated heterocycles. The van der Waals surface area contributed by atoms with Gasteiger partial charge in [-0.05, 0) is 31.4 Å². The summed E-state index contributed by atoms with van der Waals surface area (Å²) in [7, 11) is 0. The summed E-state index contributed by atoms with van der Waals surface area (Å²) >= 11 is 5.18. The van der Waals surface area contributed by atoms with Gasteiger partial charge in [0.05, 0.1) is 4.88 Å². The second-order valence-electron chi connectivity index (χ2n) is 4.86. The summed E-state index contributed by atoms with van der Waals surface area (Å²) in [6.07, 6.45) is 4.83. The van der Waals surface area contributed by atoms with Crippen LogP contribution in [0.2, 0.25) is 0 Å². The molecule has 0 bridgehead atoms. The van der Waals surface area contributed by atoms with Crippen molar-refractivity contribution in [1.29, 1.82) is 0 Å². The van der Waals surface area contributed by atoms with Gasteiger partial charge in [-0.3, -0.25) is 4.79 Å². The molecule has 0 unspecified atom stereocenters. The van der Waals surface area contributed by atoms with E-state index < -0.39 is 0 Å². The highest BCUT2D eigenvalue weighted by molar-refractivity contribution is 9.10. The van der Waals surface area contributed by atoms with E-state index in [9.17, 15) is 4.79 Å². The highest BCUT2D eigenvalue weighted by atomic mass is 79.9. The summed E-state index contributed by atoms with van der Waals surface area (Å²) in [4.78, 5) is 13.7. The maximum absolute atomic E-state index is 12.3. The lowest BCUT2D eigenvalue weighted by Gasteiger charge is -2.07. The number of thiazole rings is 1. The molecule has 20 heavy (non-hydrogen) atoms. The molecule has 0 spiro atoms. The van der Waals surface area contributed by atoms with Crippen molar-refractivity contribution in [1.82, 2.24) is 0 Å². The molecular weight excluding hydrogens is 402 g/mol. The number of Topliss-reactive ketones (excluding diaryl/α,β-unsaturated/α-hetero) is 1. The predicted octanol–water partition coefficient (Wildman–Crippen LogP) is 0.564. The lowest BCUT2D eigenvalue weighted by molar-refractivity contribution is -0.686. The summed E-state index contributed by atoms with van der Waals surface area (Å²) in [5.74, 6) is 0.184. The molecule has 1 aliphatic carbocycles. The standard InChI is InChI=1S/C15H15BrNOS.BrH/c16-12-7-5-11(6-8-12)14(18)9-17-10-19-15-4-2-1-3-13(15)17;/h5-8,10H,1-4,9H2;1H/q+1;/p-1. The number of fused-ring (bicyclic) bond motifs is 1. The average Bonchev–Trinajstić information content (AvgIpc) is 2.83. The number of aromatic nitrogens is 1. The largest absolute Gasteiger partial charge is 1.00 e. The van der Waals surface area contributed by atoms with Gasteiger partial charge in [0.1, 0.15) is 0 Å². The van der Waals surface area contributed by atoms with Crippen LogP contribution in [0.1, 0.15) is 33.8 Å². The summed E-state index contributed by atoms with van der Waals surface area (Å²) < 4.78 is 3.15. The number of aryl methyl sites for hydroxylation is 1. The molecule has 5 heteroatoms. The first-order chi connectivity index (χ1) is 9.24. The van der Waals surface area contributed by atoms with Crippen molar-refractivity contribution in [2.75, 3.05) is 0 Å². The highest BCUT2D eigenvalue weighted by Crippen LogP contribution is 2.22. The molecule has 1 aliphatic rings. The molecule has 1 aromatic carbocycles. The van der Waals surface area contributed by atoms with E-state index in [1.165, 1.54) is 29.8 Å². The van der Waals surface area contributed by atoms with Crippen molar-refractivity contribution in [3.63, 3.8) is 0 Å². The van der Waals surface area contributed by atoms with Crippen molar-refractivity contribution in [3.05, 3.63) is 50.4 Å². The molecule has 3 rings (SSSR count). The van der Waals surface area contributed by atoms with Crippen LogP contribution in [0.25, 0.3) is 0 Å². The zero-order valence-electron chi connectivity index (χ0n) is 10.9. The quantitative estimate of drug-likeness (QED) is 0.529. The molecule has 0 radical (unpaired) electrons. The number of hydrogen-bond donors (Lipinski definition) is 0. The van der Waals surface area contributed by atoms with E-state index >= 15 is 0 Å². The van der Waals surface area contributed by atoms with Gasteiger partial charge in [-0.25, -0.2) is 0 Å². The summed E-state index contributed by atoms with van der Waals surface area (Å²) in [5, 5.41) is 0. The third-order valence-electron chi connectivity index (χ3n) is 3.54. The van der Waals surface area contributed by atoms with Gasteiger partial charge in [-0.1, -0.05) is 39.4 Å². The number of ketones is 1. The van der Waals surface area contributed by atoms with Crippen molar-refractivity contribution < 1.29 is 26.3 Å². The minimum absolute atomic E-state index is 0. The molecule has 106 valence electrons. The first kappa shape index (κ1) is 15.9. The Kier molecular flexibility index (Phi) is 5.52. The van der Waals surface area contributed by atoms with Gasteiger partial charge in [0, 0.05) is 16.5 Å². The van der Waals surface area contributed by atoms with E-state index in [0.29, 0.717) is 6.54 Å². The van der Waals surface area contributed by atoms with Gasteiger partial charge >= 0.3 is 0 Å². The second kappa shape index (κ2) is 6.96. The Morgan fingerprint density at radius 1 is 1.20 bits per heavy atom. The smallest absolute Gasteiger partial charge is 0.227 e. The first-order valence-electron chi connectivity index (χ1n) is 6.51. The Hall–Kier alpha value is -0.520. The average molecular weight is 417 g/mol. The molecule has 0 amide bonds. The van der Waals surface area contributed by atoms with Crippen molar-refractivity contribution in [2.45, 2.75) is 32.2 Å². The van der Waals surface area contributed by atoms with Crippen LogP contribution in [0.4, 0.5) is 0 Å². The van der Waals surface area contributed by atoms with Gasteiger partial charge in [-0.15, -0.1) is 0 Å². The van der Waals surface area contributed by atoms with Crippen molar-refractivity contribution in [2.24, 2.45) is 0 Å².